The first-order chi connectivity index (χ1) is 17.7. The van der Waals surface area contributed by atoms with Gasteiger partial charge in [0.05, 0.1) is 24.8 Å². The number of carbonyl (C=O) groups is 1. The van der Waals surface area contributed by atoms with Crippen molar-refractivity contribution in [1.29, 1.82) is 5.26 Å². The third kappa shape index (κ3) is 13.2. The zero-order valence-electron chi connectivity index (χ0n) is 21.8. The van der Waals surface area contributed by atoms with Gasteiger partial charge in [0.25, 0.3) is 0 Å². The number of hydrogen-bond donors (Lipinski definition) is 1. The second-order valence-electron chi connectivity index (χ2n) is 8.86. The Kier molecular flexibility index (Phi) is 15.6. The fraction of sp³-hybridized carbons (Fsp3) is 0.533. The van der Waals surface area contributed by atoms with Crippen molar-refractivity contribution >= 4 is 6.09 Å². The van der Waals surface area contributed by atoms with Crippen molar-refractivity contribution in [3.05, 3.63) is 54.1 Å². The predicted molar refractivity (Wildman–Crippen MR) is 144 cm³/mol. The van der Waals surface area contributed by atoms with Crippen LogP contribution in [0.25, 0.3) is 11.1 Å². The van der Waals surface area contributed by atoms with Crippen LogP contribution in [-0.4, -0.2) is 39.1 Å². The first-order valence-corrected chi connectivity index (χ1v) is 13.4. The van der Waals surface area contributed by atoms with Crippen molar-refractivity contribution in [2.75, 3.05) is 33.0 Å². The summed E-state index contributed by atoms with van der Waals surface area (Å²) in [5.41, 5.74) is 2.89. The third-order valence-corrected chi connectivity index (χ3v) is 5.93. The summed E-state index contributed by atoms with van der Waals surface area (Å²) in [7, 11) is 0. The molecule has 1 amide bonds. The van der Waals surface area contributed by atoms with Crippen LogP contribution in [0.15, 0.2) is 48.5 Å². The third-order valence-electron chi connectivity index (χ3n) is 5.93. The molecule has 0 fully saturated rings. The maximum atomic E-state index is 11.5. The molecule has 0 radical (unpaired) electrons. The van der Waals surface area contributed by atoms with Crippen molar-refractivity contribution in [3.8, 4) is 22.9 Å². The molecule has 0 aromatic heterocycles. The molecule has 2 aromatic rings. The largest absolute Gasteiger partial charge is 0.494 e. The van der Waals surface area contributed by atoms with Crippen molar-refractivity contribution < 1.29 is 19.0 Å². The number of ether oxygens (including phenoxy) is 3. The molecule has 0 bridgehead atoms. The van der Waals surface area contributed by atoms with E-state index in [9.17, 15) is 4.79 Å². The van der Waals surface area contributed by atoms with Gasteiger partial charge in [0, 0.05) is 19.8 Å². The molecule has 0 spiro atoms. The van der Waals surface area contributed by atoms with Crippen LogP contribution in [0.5, 0.6) is 5.75 Å². The molecular weight excluding hydrogens is 452 g/mol. The summed E-state index contributed by atoms with van der Waals surface area (Å²) in [5, 5.41) is 11.7. The number of nitrogens with zero attached hydrogens (tertiary/aromatic N) is 1. The van der Waals surface area contributed by atoms with Crippen molar-refractivity contribution in [2.24, 2.45) is 0 Å². The number of hydrogen-bond acceptors (Lipinski definition) is 5. The molecule has 196 valence electrons. The number of nitrogens with one attached hydrogen (secondary N) is 1. The minimum Gasteiger partial charge on any atom is -0.494 e. The van der Waals surface area contributed by atoms with Crippen LogP contribution < -0.4 is 10.1 Å². The van der Waals surface area contributed by atoms with E-state index >= 15 is 0 Å². The van der Waals surface area contributed by atoms with Gasteiger partial charge in [-0.15, -0.1) is 0 Å². The first-order valence-electron chi connectivity index (χ1n) is 13.4. The van der Waals surface area contributed by atoms with E-state index in [1.165, 1.54) is 38.5 Å². The second kappa shape index (κ2) is 19.2. The predicted octanol–water partition coefficient (Wildman–Crippen LogP) is 7.27. The lowest BCUT2D eigenvalue weighted by molar-refractivity contribution is 0.133. The smallest absolute Gasteiger partial charge is 0.407 e. The highest BCUT2D eigenvalue weighted by Crippen LogP contribution is 2.23. The minimum atomic E-state index is -0.324. The van der Waals surface area contributed by atoms with Gasteiger partial charge in [0.2, 0.25) is 0 Å². The SMILES string of the molecule is CCOCCCNC(=O)OCCCCCCCCCCCOc1ccc(-c2ccc(C#N)cc2)cc1. The van der Waals surface area contributed by atoms with Gasteiger partial charge < -0.3 is 19.5 Å². The Morgan fingerprint density at radius 3 is 1.89 bits per heavy atom. The quantitative estimate of drug-likeness (QED) is 0.208. The molecule has 2 aromatic carbocycles. The Bertz CT molecular complexity index is 875. The van der Waals surface area contributed by atoms with Crippen molar-refractivity contribution in [3.63, 3.8) is 0 Å². The van der Waals surface area contributed by atoms with E-state index in [0.29, 0.717) is 31.9 Å². The molecule has 0 aliphatic heterocycles. The van der Waals surface area contributed by atoms with Gasteiger partial charge in [-0.25, -0.2) is 4.79 Å². The lowest BCUT2D eigenvalue weighted by Gasteiger charge is -2.08. The number of carbonyl (C=O) groups excluding carboxylic acids is 1. The second-order valence-corrected chi connectivity index (χ2v) is 8.86. The van der Waals surface area contributed by atoms with Crippen LogP contribution in [0.1, 0.15) is 76.7 Å². The summed E-state index contributed by atoms with van der Waals surface area (Å²) in [6.45, 7) is 5.17. The molecule has 36 heavy (non-hydrogen) atoms. The Labute approximate surface area is 217 Å². The highest BCUT2D eigenvalue weighted by molar-refractivity contribution is 5.67. The van der Waals surface area contributed by atoms with E-state index < -0.39 is 0 Å². The summed E-state index contributed by atoms with van der Waals surface area (Å²) in [6.07, 6.45) is 11.0. The summed E-state index contributed by atoms with van der Waals surface area (Å²) in [5.74, 6) is 0.899. The van der Waals surface area contributed by atoms with Crippen LogP contribution in [0.3, 0.4) is 0 Å². The lowest BCUT2D eigenvalue weighted by atomic mass is 10.0. The van der Waals surface area contributed by atoms with Crippen LogP contribution in [0.2, 0.25) is 0 Å². The van der Waals surface area contributed by atoms with Gasteiger partial charge in [-0.3, -0.25) is 0 Å². The molecule has 0 unspecified atom stereocenters. The van der Waals surface area contributed by atoms with Crippen molar-refractivity contribution in [2.45, 2.75) is 71.1 Å². The molecule has 0 heterocycles. The molecule has 0 aliphatic rings. The summed E-state index contributed by atoms with van der Waals surface area (Å²) >= 11 is 0. The monoisotopic (exact) mass is 494 g/mol. The zero-order valence-corrected chi connectivity index (χ0v) is 21.8. The number of unbranched alkanes of at least 4 members (excludes halogenated alkanes) is 8. The normalized spacial score (nSPS) is 10.6. The van der Waals surface area contributed by atoms with Gasteiger partial charge >= 0.3 is 6.09 Å². The number of rotatable bonds is 19. The van der Waals surface area contributed by atoms with E-state index in [2.05, 4.69) is 23.5 Å². The van der Waals surface area contributed by atoms with Gasteiger partial charge in [0.1, 0.15) is 5.75 Å². The van der Waals surface area contributed by atoms with E-state index in [1.807, 2.05) is 43.3 Å². The van der Waals surface area contributed by atoms with Gasteiger partial charge in [0.15, 0.2) is 0 Å². The molecule has 0 aliphatic carbocycles. The average Bonchev–Trinajstić information content (AvgIpc) is 2.91. The molecule has 0 atom stereocenters. The van der Waals surface area contributed by atoms with Crippen LogP contribution in [0, 0.1) is 11.3 Å². The van der Waals surface area contributed by atoms with E-state index in [4.69, 9.17) is 19.5 Å². The highest BCUT2D eigenvalue weighted by atomic mass is 16.5. The zero-order chi connectivity index (χ0) is 25.7. The Hall–Kier alpha value is -3.04. The minimum absolute atomic E-state index is 0.324. The maximum absolute atomic E-state index is 11.5. The molecule has 6 heteroatoms. The average molecular weight is 495 g/mol. The molecule has 1 N–H and O–H groups in total. The van der Waals surface area contributed by atoms with Gasteiger partial charge in [-0.05, 0) is 61.6 Å². The molecule has 0 saturated heterocycles. The van der Waals surface area contributed by atoms with Gasteiger partial charge in [-0.2, -0.15) is 5.26 Å². The molecule has 6 nitrogen and oxygen atoms in total. The molecule has 0 saturated carbocycles. The number of nitriles is 1. The lowest BCUT2D eigenvalue weighted by Crippen LogP contribution is -2.26. The van der Waals surface area contributed by atoms with Crippen molar-refractivity contribution in [1.82, 2.24) is 5.32 Å². The Balaban J connectivity index is 1.38. The Morgan fingerprint density at radius 2 is 1.31 bits per heavy atom. The van der Waals surface area contributed by atoms with Gasteiger partial charge in [-0.1, -0.05) is 69.2 Å². The molecule has 2 rings (SSSR count). The van der Waals surface area contributed by atoms with E-state index in [1.54, 1.807) is 0 Å². The van der Waals surface area contributed by atoms with E-state index in [0.717, 1.165) is 49.2 Å². The summed E-state index contributed by atoms with van der Waals surface area (Å²) < 4.78 is 16.3. The maximum Gasteiger partial charge on any atom is 0.407 e. The Morgan fingerprint density at radius 1 is 0.750 bits per heavy atom. The van der Waals surface area contributed by atoms with Crippen LogP contribution >= 0.6 is 0 Å². The summed E-state index contributed by atoms with van der Waals surface area (Å²) in [6, 6.07) is 17.9. The number of benzene rings is 2. The van der Waals surface area contributed by atoms with Crippen LogP contribution in [0.4, 0.5) is 4.79 Å². The standard InChI is InChI=1S/C30H42N2O4/c1-2-34-22-12-21-32-30(33)36-24-11-9-7-5-3-4-6-8-10-23-35-29-19-17-28(18-20-29)27-15-13-26(25-31)14-16-27/h13-20H,2-12,21-24H2,1H3,(H,32,33). The van der Waals surface area contributed by atoms with Crippen LogP contribution in [-0.2, 0) is 9.47 Å². The number of alkyl carbamates (subject to hydrolysis) is 1. The highest BCUT2D eigenvalue weighted by Gasteiger charge is 2.02. The fourth-order valence-electron chi connectivity index (χ4n) is 3.84. The fourth-order valence-corrected chi connectivity index (χ4v) is 3.84. The topological polar surface area (TPSA) is 80.6 Å². The van der Waals surface area contributed by atoms with E-state index in [-0.39, 0.29) is 6.09 Å². The first kappa shape index (κ1) is 29.2. The number of amides is 1. The summed E-state index contributed by atoms with van der Waals surface area (Å²) in [4.78, 5) is 11.5. The molecular formula is C30H42N2O4.